The van der Waals surface area contributed by atoms with Crippen molar-refractivity contribution in [2.75, 3.05) is 33.9 Å². The van der Waals surface area contributed by atoms with E-state index in [1.165, 1.54) is 83.5 Å². The van der Waals surface area contributed by atoms with Crippen molar-refractivity contribution in [2.45, 2.75) is 213 Å². The first-order valence-electron chi connectivity index (χ1n) is 21.9. The van der Waals surface area contributed by atoms with Gasteiger partial charge >= 0.3 is 17.9 Å². The summed E-state index contributed by atoms with van der Waals surface area (Å²) >= 11 is 0. The van der Waals surface area contributed by atoms with Crippen molar-refractivity contribution in [1.82, 2.24) is 4.90 Å². The highest BCUT2D eigenvalue weighted by Crippen LogP contribution is 2.64. The molecule has 1 atom stereocenters. The van der Waals surface area contributed by atoms with E-state index >= 15 is 0 Å². The Morgan fingerprint density at radius 3 is 1.55 bits per heavy atom. The number of nitrogens with zero attached hydrogens (tertiary/aromatic N) is 1. The maximum atomic E-state index is 12.6. The zero-order valence-corrected chi connectivity index (χ0v) is 34.0. The number of ether oxygens (including phenoxy) is 3. The van der Waals surface area contributed by atoms with Gasteiger partial charge in [-0.15, -0.1) is 0 Å². The van der Waals surface area contributed by atoms with Gasteiger partial charge in [-0.05, 0) is 103 Å². The summed E-state index contributed by atoms with van der Waals surface area (Å²) in [6.45, 7) is 6.64. The van der Waals surface area contributed by atoms with Crippen molar-refractivity contribution < 1.29 is 28.6 Å². The summed E-state index contributed by atoms with van der Waals surface area (Å²) < 4.78 is 17.2. The Bertz CT molecular complexity index is 877. The highest BCUT2D eigenvalue weighted by atomic mass is 16.5. The average Bonchev–Trinajstić information content (AvgIpc) is 3.05. The largest absolute Gasteiger partial charge is 0.466 e. The molecule has 3 saturated carbocycles. The third kappa shape index (κ3) is 22.9. The number of hydrogen-bond acceptors (Lipinski definition) is 7. The van der Waals surface area contributed by atoms with E-state index in [1.54, 1.807) is 0 Å². The fourth-order valence-electron chi connectivity index (χ4n) is 8.09. The van der Waals surface area contributed by atoms with Crippen LogP contribution in [0.3, 0.4) is 0 Å². The Kier molecular flexibility index (Phi) is 25.7. The van der Waals surface area contributed by atoms with E-state index in [-0.39, 0.29) is 24.0 Å². The van der Waals surface area contributed by atoms with E-state index < -0.39 is 0 Å². The van der Waals surface area contributed by atoms with Crippen LogP contribution in [0, 0.1) is 17.3 Å². The van der Waals surface area contributed by atoms with Crippen molar-refractivity contribution in [3.63, 3.8) is 0 Å². The molecule has 0 aliphatic heterocycles. The van der Waals surface area contributed by atoms with E-state index in [9.17, 15) is 14.4 Å². The van der Waals surface area contributed by atoms with E-state index in [0.29, 0.717) is 43.8 Å². The molecule has 1 unspecified atom stereocenters. The maximum absolute atomic E-state index is 12.6. The van der Waals surface area contributed by atoms with Crippen LogP contribution in [0.5, 0.6) is 0 Å². The molecule has 3 rings (SSSR count). The Morgan fingerprint density at radius 2 is 1.04 bits per heavy atom. The first kappa shape index (κ1) is 45.5. The van der Waals surface area contributed by atoms with Crippen molar-refractivity contribution in [2.24, 2.45) is 17.3 Å². The zero-order chi connectivity index (χ0) is 37.0. The molecule has 0 spiro atoms. The summed E-state index contributed by atoms with van der Waals surface area (Å²) in [5.41, 5.74) is 0.367. The van der Waals surface area contributed by atoms with Crippen molar-refractivity contribution in [1.29, 1.82) is 0 Å². The lowest BCUT2D eigenvalue weighted by atomic mass is 9.45. The van der Waals surface area contributed by atoms with Crippen molar-refractivity contribution in [3.8, 4) is 0 Å². The zero-order valence-electron chi connectivity index (χ0n) is 34.0. The molecular formula is C44H81NO6. The predicted octanol–water partition coefficient (Wildman–Crippen LogP) is 11.5. The van der Waals surface area contributed by atoms with Crippen LogP contribution in [-0.4, -0.2) is 62.8 Å². The second-order valence-electron chi connectivity index (χ2n) is 16.8. The van der Waals surface area contributed by atoms with Crippen LogP contribution in [0.4, 0.5) is 0 Å². The minimum atomic E-state index is -0.0722. The van der Waals surface area contributed by atoms with Gasteiger partial charge in [-0.25, -0.2) is 0 Å². The first-order chi connectivity index (χ1) is 24.7. The summed E-state index contributed by atoms with van der Waals surface area (Å²) in [7, 11) is 4.06. The molecule has 7 heteroatoms. The second-order valence-corrected chi connectivity index (χ2v) is 16.8. The van der Waals surface area contributed by atoms with E-state index in [4.69, 9.17) is 14.2 Å². The topological polar surface area (TPSA) is 82.1 Å². The van der Waals surface area contributed by atoms with Gasteiger partial charge in [0.15, 0.2) is 0 Å². The molecule has 0 aromatic heterocycles. The van der Waals surface area contributed by atoms with Crippen LogP contribution in [-0.2, 0) is 28.6 Å². The molecule has 3 fully saturated rings. The standard InChI is InChI=1S/C44H81NO6/c1-5-7-9-17-24-38(25-18-10-8-6-2)31-33-49-41(46)28-21-15-11-13-19-26-40(51-43(48)30-23-32-45(3)4)27-20-14-12-16-22-29-42(47)50-37-44-34-39(35-44)36-44/h38-40H,5-37H2,1-4H3. The summed E-state index contributed by atoms with van der Waals surface area (Å²) in [6, 6.07) is 0. The number of esters is 3. The van der Waals surface area contributed by atoms with E-state index in [2.05, 4.69) is 18.7 Å². The Morgan fingerprint density at radius 1 is 0.569 bits per heavy atom. The minimum absolute atomic E-state index is 0.0130. The van der Waals surface area contributed by atoms with Crippen molar-refractivity contribution >= 4 is 17.9 Å². The number of hydrogen-bond donors (Lipinski definition) is 0. The minimum Gasteiger partial charge on any atom is -0.466 e. The van der Waals surface area contributed by atoms with Gasteiger partial charge in [-0.2, -0.15) is 0 Å². The fraction of sp³-hybridized carbons (Fsp3) is 0.932. The smallest absolute Gasteiger partial charge is 0.306 e. The predicted molar refractivity (Wildman–Crippen MR) is 210 cm³/mol. The molecule has 0 amide bonds. The van der Waals surface area contributed by atoms with E-state index in [0.717, 1.165) is 102 Å². The van der Waals surface area contributed by atoms with Crippen LogP contribution in [0.2, 0.25) is 0 Å². The Balaban J connectivity index is 1.54. The molecule has 0 aromatic carbocycles. The van der Waals surface area contributed by atoms with Gasteiger partial charge in [0.05, 0.1) is 13.2 Å². The SMILES string of the molecule is CCCCCCC(CCCCCC)CCOC(=O)CCCCCCCC(CCCCCCCC(=O)OCC12CC(C1)C2)OC(=O)CCCN(C)C. The first-order valence-corrected chi connectivity index (χ1v) is 21.9. The van der Waals surface area contributed by atoms with Crippen LogP contribution in [0.15, 0.2) is 0 Å². The average molecular weight is 720 g/mol. The monoisotopic (exact) mass is 720 g/mol. The van der Waals surface area contributed by atoms with Crippen molar-refractivity contribution in [3.05, 3.63) is 0 Å². The highest BCUT2D eigenvalue weighted by Gasteiger charge is 2.57. The molecule has 298 valence electrons. The Hall–Kier alpha value is -1.63. The molecule has 3 aliphatic rings. The summed E-state index contributed by atoms with van der Waals surface area (Å²) in [5, 5.41) is 0. The number of rotatable bonds is 36. The van der Waals surface area contributed by atoms with Gasteiger partial charge in [-0.3, -0.25) is 14.4 Å². The summed E-state index contributed by atoms with van der Waals surface area (Å²) in [4.78, 5) is 39.2. The van der Waals surface area contributed by atoms with Gasteiger partial charge in [0.2, 0.25) is 0 Å². The van der Waals surface area contributed by atoms with E-state index in [1.807, 2.05) is 14.1 Å². The molecule has 0 aromatic rings. The number of carbonyl (C=O) groups is 3. The van der Waals surface area contributed by atoms with Crippen LogP contribution in [0.1, 0.15) is 206 Å². The van der Waals surface area contributed by atoms with Crippen LogP contribution >= 0.6 is 0 Å². The van der Waals surface area contributed by atoms with Gasteiger partial charge in [0, 0.05) is 24.7 Å². The fourth-order valence-corrected chi connectivity index (χ4v) is 8.09. The van der Waals surface area contributed by atoms with Gasteiger partial charge in [-0.1, -0.05) is 117 Å². The summed E-state index contributed by atoms with van der Waals surface area (Å²) in [6.07, 6.45) is 32.4. The van der Waals surface area contributed by atoms with Gasteiger partial charge < -0.3 is 19.1 Å². The normalized spacial score (nSPS) is 18.4. The third-order valence-corrected chi connectivity index (χ3v) is 11.5. The lowest BCUT2D eigenvalue weighted by Gasteiger charge is -2.61. The molecule has 0 radical (unpaired) electrons. The van der Waals surface area contributed by atoms with Crippen LogP contribution in [0.25, 0.3) is 0 Å². The molecule has 7 nitrogen and oxygen atoms in total. The molecule has 51 heavy (non-hydrogen) atoms. The molecular weight excluding hydrogens is 638 g/mol. The molecule has 0 N–H and O–H groups in total. The lowest BCUT2D eigenvalue weighted by molar-refractivity contribution is -0.174. The van der Waals surface area contributed by atoms with Crippen LogP contribution < -0.4 is 0 Å². The second kappa shape index (κ2) is 28.8. The van der Waals surface area contributed by atoms with Gasteiger partial charge in [0.25, 0.3) is 0 Å². The number of unbranched alkanes of at least 4 members (excludes halogenated alkanes) is 14. The third-order valence-electron chi connectivity index (χ3n) is 11.5. The molecule has 0 saturated heterocycles. The highest BCUT2D eigenvalue weighted by molar-refractivity contribution is 5.70. The quantitative estimate of drug-likeness (QED) is 0.0362. The molecule has 2 bridgehead atoms. The summed E-state index contributed by atoms with van der Waals surface area (Å²) in [5.74, 6) is 1.48. The number of carbonyl (C=O) groups excluding carboxylic acids is 3. The van der Waals surface area contributed by atoms with Gasteiger partial charge in [0.1, 0.15) is 6.10 Å². The molecule has 3 aliphatic carbocycles. The molecule has 0 heterocycles. The maximum Gasteiger partial charge on any atom is 0.306 e. The lowest BCUT2D eigenvalue weighted by Crippen LogP contribution is -2.54. The Labute approximate surface area is 314 Å².